The predicted octanol–water partition coefficient (Wildman–Crippen LogP) is 6.05. The molecule has 2 saturated heterocycles. The molecule has 7 atom stereocenters. The van der Waals surface area contributed by atoms with E-state index < -0.39 is 20.9 Å². The first-order valence-corrected chi connectivity index (χ1v) is 15.4. The Bertz CT molecular complexity index is 782. The van der Waals surface area contributed by atoms with Gasteiger partial charge in [0, 0.05) is 19.4 Å². The summed E-state index contributed by atoms with van der Waals surface area (Å²) in [4.78, 5) is 14.1. The van der Waals surface area contributed by atoms with Crippen molar-refractivity contribution in [2.45, 2.75) is 111 Å². The maximum absolute atomic E-state index is 14.1. The number of carbonyl (C=O) groups is 1. The summed E-state index contributed by atoms with van der Waals surface area (Å²) in [6.07, 6.45) is 6.13. The highest BCUT2D eigenvalue weighted by Crippen LogP contribution is 2.60. The summed E-state index contributed by atoms with van der Waals surface area (Å²) in [6.45, 7) is 18.2. The van der Waals surface area contributed by atoms with E-state index >= 15 is 0 Å². The van der Waals surface area contributed by atoms with Crippen molar-refractivity contribution in [2.24, 2.45) is 28.6 Å². The highest BCUT2D eigenvalue weighted by atomic mass is 28.4. The van der Waals surface area contributed by atoms with Gasteiger partial charge < -0.3 is 18.6 Å². The third-order valence-corrected chi connectivity index (χ3v) is 14.0. The van der Waals surface area contributed by atoms with Crippen molar-refractivity contribution in [3.8, 4) is 0 Å². The molecule has 2 aliphatic heterocycles. The van der Waals surface area contributed by atoms with E-state index in [4.69, 9.17) is 18.6 Å². The monoisotopic (exact) mass is 464 g/mol. The largest absolute Gasteiger partial charge is 0.392 e. The molecule has 0 bridgehead atoms. The maximum atomic E-state index is 14.1. The highest BCUT2D eigenvalue weighted by Gasteiger charge is 2.59. The van der Waals surface area contributed by atoms with Gasteiger partial charge in [-0.25, -0.2) is 0 Å². The molecule has 0 radical (unpaired) electrons. The van der Waals surface area contributed by atoms with Crippen molar-refractivity contribution in [3.05, 3.63) is 11.6 Å². The molecule has 1 saturated carbocycles. The molecule has 32 heavy (non-hydrogen) atoms. The zero-order chi connectivity index (χ0) is 23.7. The van der Waals surface area contributed by atoms with Crippen molar-refractivity contribution >= 4 is 14.1 Å². The number of Topliss-reactive ketones (excluding diaryl/α,β-unsaturated/α-hetero) is 1. The van der Waals surface area contributed by atoms with Crippen molar-refractivity contribution < 1.29 is 23.4 Å². The molecule has 0 unspecified atom stereocenters. The van der Waals surface area contributed by atoms with Crippen LogP contribution in [-0.2, 0) is 23.4 Å². The summed E-state index contributed by atoms with van der Waals surface area (Å²) in [5.41, 5.74) is 1.23. The second-order valence-corrected chi connectivity index (χ2v) is 17.8. The third-order valence-electron chi connectivity index (χ3n) is 9.56. The third kappa shape index (κ3) is 3.88. The Morgan fingerprint density at radius 3 is 2.47 bits per heavy atom. The van der Waals surface area contributed by atoms with E-state index in [9.17, 15) is 4.79 Å². The molecule has 2 heterocycles. The number of hydrogen-bond donors (Lipinski definition) is 0. The first kappa shape index (κ1) is 24.6. The summed E-state index contributed by atoms with van der Waals surface area (Å²) < 4.78 is 24.5. The van der Waals surface area contributed by atoms with E-state index in [1.54, 1.807) is 7.11 Å². The molecule has 0 amide bonds. The van der Waals surface area contributed by atoms with Gasteiger partial charge >= 0.3 is 0 Å². The predicted molar refractivity (Wildman–Crippen MR) is 127 cm³/mol. The first-order valence-electron chi connectivity index (χ1n) is 12.5. The van der Waals surface area contributed by atoms with Crippen LogP contribution in [0.1, 0.15) is 73.6 Å². The van der Waals surface area contributed by atoms with Gasteiger partial charge in [-0.3, -0.25) is 4.79 Å². The average molecular weight is 465 g/mol. The minimum atomic E-state index is -1.98. The Hall–Kier alpha value is -0.533. The molecule has 5 nitrogen and oxygen atoms in total. The maximum Gasteiger partial charge on any atom is 0.195 e. The zero-order valence-electron chi connectivity index (χ0n) is 21.6. The van der Waals surface area contributed by atoms with Crippen LogP contribution in [0.15, 0.2) is 11.6 Å². The van der Waals surface area contributed by atoms with Gasteiger partial charge in [-0.05, 0) is 59.7 Å². The number of allylic oxidation sites excluding steroid dienone is 2. The van der Waals surface area contributed by atoms with Gasteiger partial charge in [0.1, 0.15) is 0 Å². The topological polar surface area (TPSA) is 54.0 Å². The van der Waals surface area contributed by atoms with Crippen LogP contribution in [0.25, 0.3) is 0 Å². The van der Waals surface area contributed by atoms with E-state index in [1.165, 1.54) is 12.8 Å². The molecular formula is C26H44O5Si. The summed E-state index contributed by atoms with van der Waals surface area (Å²) in [6, 6.07) is 0. The molecule has 6 heteroatoms. The number of ketones is 1. The van der Waals surface area contributed by atoms with Gasteiger partial charge in [0.05, 0.1) is 5.92 Å². The van der Waals surface area contributed by atoms with E-state index in [2.05, 4.69) is 60.7 Å². The Labute approximate surface area is 195 Å². The van der Waals surface area contributed by atoms with Crippen molar-refractivity contribution in [1.29, 1.82) is 0 Å². The molecule has 0 spiro atoms. The Balaban J connectivity index is 1.54. The summed E-state index contributed by atoms with van der Waals surface area (Å²) in [5.74, 6) is 0.382. The highest BCUT2D eigenvalue weighted by molar-refractivity contribution is 6.74. The molecule has 4 rings (SSSR count). The number of methoxy groups -OCH3 is 1. The Morgan fingerprint density at radius 2 is 1.84 bits per heavy atom. The van der Waals surface area contributed by atoms with Crippen LogP contribution in [0.4, 0.5) is 0 Å². The second kappa shape index (κ2) is 8.01. The quantitative estimate of drug-likeness (QED) is 0.464. The van der Waals surface area contributed by atoms with Crippen LogP contribution in [-0.4, -0.2) is 40.1 Å². The van der Waals surface area contributed by atoms with E-state index in [-0.39, 0.29) is 39.8 Å². The Kier molecular flexibility index (Phi) is 6.15. The van der Waals surface area contributed by atoms with Crippen molar-refractivity contribution in [3.63, 3.8) is 0 Å². The number of ether oxygens (including phenoxy) is 3. The van der Waals surface area contributed by atoms with Crippen LogP contribution in [0, 0.1) is 28.6 Å². The van der Waals surface area contributed by atoms with E-state index in [1.807, 2.05) is 0 Å². The molecular weight excluding hydrogens is 420 g/mol. The van der Waals surface area contributed by atoms with Crippen molar-refractivity contribution in [2.75, 3.05) is 7.11 Å². The van der Waals surface area contributed by atoms with E-state index in [0.717, 1.165) is 18.4 Å². The lowest BCUT2D eigenvalue weighted by molar-refractivity contribution is -0.229. The first-order chi connectivity index (χ1) is 14.7. The van der Waals surface area contributed by atoms with Gasteiger partial charge in [0.25, 0.3) is 0 Å². The fourth-order valence-corrected chi connectivity index (χ4v) is 7.83. The normalized spacial score (nSPS) is 41.3. The van der Waals surface area contributed by atoms with Crippen LogP contribution in [0.3, 0.4) is 0 Å². The van der Waals surface area contributed by atoms with Gasteiger partial charge in [0.15, 0.2) is 33.0 Å². The summed E-state index contributed by atoms with van der Waals surface area (Å²) >= 11 is 0. The smallest absolute Gasteiger partial charge is 0.195 e. The fraction of sp³-hybridized carbons (Fsp3) is 0.885. The summed E-state index contributed by atoms with van der Waals surface area (Å²) in [5, 5.41) is 0.102. The molecule has 0 aromatic rings. The standard InChI is InChI=1S/C26H44O5Si/c1-24(2,3)32(8,9)31-19-15-16-20(23(28-7)30-22(16)29-19)21(27)17-11-12-18-25(4,5)13-10-14-26(17,18)6/h11,16,18-20,22-23H,10,12-15H2,1-9H3/t16-,18+,19-,20-,22+,23-,26-/m1/s1. The number of hydrogen-bond acceptors (Lipinski definition) is 5. The summed E-state index contributed by atoms with van der Waals surface area (Å²) in [7, 11) is -0.346. The second-order valence-electron chi connectivity index (χ2n) is 13.0. The van der Waals surface area contributed by atoms with Crippen LogP contribution >= 0.6 is 0 Å². The molecule has 4 aliphatic rings. The van der Waals surface area contributed by atoms with Gasteiger partial charge in [-0.1, -0.05) is 54.0 Å². The lowest BCUT2D eigenvalue weighted by Crippen LogP contribution is -2.45. The number of rotatable bonds is 5. The van der Waals surface area contributed by atoms with Crippen LogP contribution in [0.5, 0.6) is 0 Å². The lowest BCUT2D eigenvalue weighted by Gasteiger charge is -2.49. The number of carbonyl (C=O) groups excluding carboxylic acids is 1. The van der Waals surface area contributed by atoms with Gasteiger partial charge in [-0.15, -0.1) is 0 Å². The minimum absolute atomic E-state index is 0.0256. The fourth-order valence-electron chi connectivity index (χ4n) is 6.66. The van der Waals surface area contributed by atoms with Crippen LogP contribution < -0.4 is 0 Å². The SMILES string of the molecule is CO[C@@H]1O[C@@H]2O[C@H](O[Si](C)(C)C(C)(C)C)C[C@@H]2[C@@H]1C(=O)C1=CC[C@H]2C(C)(C)CCC[C@]12C. The van der Waals surface area contributed by atoms with E-state index in [0.29, 0.717) is 12.3 Å². The zero-order valence-corrected chi connectivity index (χ0v) is 22.6. The van der Waals surface area contributed by atoms with Crippen LogP contribution in [0.2, 0.25) is 18.1 Å². The van der Waals surface area contributed by atoms with Crippen molar-refractivity contribution in [1.82, 2.24) is 0 Å². The molecule has 0 aromatic carbocycles. The van der Waals surface area contributed by atoms with Gasteiger partial charge in [0.2, 0.25) is 0 Å². The molecule has 3 fully saturated rings. The minimum Gasteiger partial charge on any atom is -0.392 e. The molecule has 2 aliphatic carbocycles. The molecule has 182 valence electrons. The van der Waals surface area contributed by atoms with Gasteiger partial charge in [-0.2, -0.15) is 0 Å². The molecule has 0 aromatic heterocycles. The lowest BCUT2D eigenvalue weighted by atomic mass is 9.55. The average Bonchev–Trinajstić information content (AvgIpc) is 3.29. The Morgan fingerprint density at radius 1 is 1.16 bits per heavy atom. The molecule has 0 N–H and O–H groups in total. The number of fused-ring (bicyclic) bond motifs is 2.